The van der Waals surface area contributed by atoms with Crippen LogP contribution in [-0.2, 0) is 25.0 Å². The summed E-state index contributed by atoms with van der Waals surface area (Å²) in [6.45, 7) is 4.30. The second-order valence-corrected chi connectivity index (χ2v) is 9.40. The highest BCUT2D eigenvalue weighted by atomic mass is 35.5. The summed E-state index contributed by atoms with van der Waals surface area (Å²) < 4.78 is 3.91. The SMILES string of the molecule is CON(C)C(=O)c1c(Cn2c(Cl)nc(Cl)c2Cl)sc2c1c(=O)n(C)c(=O)n2CC(C)C. The second kappa shape index (κ2) is 8.95. The zero-order chi connectivity index (χ0) is 23.2. The molecule has 3 aromatic heterocycles. The Morgan fingerprint density at radius 3 is 2.39 bits per heavy atom. The maximum Gasteiger partial charge on any atom is 0.331 e. The number of hydroxylamine groups is 2. The van der Waals surface area contributed by atoms with Gasteiger partial charge in [0.25, 0.3) is 11.5 Å². The van der Waals surface area contributed by atoms with Crippen LogP contribution in [0.3, 0.4) is 0 Å². The Morgan fingerprint density at radius 1 is 1.23 bits per heavy atom. The lowest BCUT2D eigenvalue weighted by molar-refractivity contribution is -0.0756. The van der Waals surface area contributed by atoms with E-state index in [1.54, 1.807) is 0 Å². The topological polar surface area (TPSA) is 91.4 Å². The molecule has 3 rings (SSSR count). The van der Waals surface area contributed by atoms with Crippen molar-refractivity contribution in [2.45, 2.75) is 26.9 Å². The second-order valence-electron chi connectivity index (χ2n) is 7.27. The van der Waals surface area contributed by atoms with Gasteiger partial charge in [0.1, 0.15) is 9.98 Å². The normalized spacial score (nSPS) is 11.6. The van der Waals surface area contributed by atoms with Crippen molar-refractivity contribution >= 4 is 62.3 Å². The highest BCUT2D eigenvalue weighted by molar-refractivity contribution is 7.19. The number of halogens is 3. The fourth-order valence-corrected chi connectivity index (χ4v) is 5.09. The number of imidazole rings is 1. The number of nitrogens with zero attached hydrogens (tertiary/aromatic N) is 5. The van der Waals surface area contributed by atoms with Crippen LogP contribution in [0.5, 0.6) is 0 Å². The molecule has 3 aromatic rings. The van der Waals surface area contributed by atoms with Crippen LogP contribution >= 0.6 is 46.1 Å². The molecule has 0 atom stereocenters. The van der Waals surface area contributed by atoms with Gasteiger partial charge in [-0.1, -0.05) is 37.0 Å². The Hall–Kier alpha value is -1.85. The molecule has 0 saturated heterocycles. The van der Waals surface area contributed by atoms with Gasteiger partial charge in [-0.3, -0.25) is 28.1 Å². The Morgan fingerprint density at radius 2 is 1.87 bits per heavy atom. The highest BCUT2D eigenvalue weighted by Gasteiger charge is 2.29. The van der Waals surface area contributed by atoms with Crippen molar-refractivity contribution in [3.63, 3.8) is 0 Å². The molecule has 0 fully saturated rings. The largest absolute Gasteiger partial charge is 0.331 e. The molecule has 0 radical (unpaired) electrons. The summed E-state index contributed by atoms with van der Waals surface area (Å²) in [5, 5.41) is 1.28. The number of hydrogen-bond acceptors (Lipinski definition) is 6. The summed E-state index contributed by atoms with van der Waals surface area (Å²) in [6, 6.07) is 0. The first-order valence-corrected chi connectivity index (χ1v) is 11.1. The van der Waals surface area contributed by atoms with E-state index in [0.717, 1.165) is 21.0 Å². The van der Waals surface area contributed by atoms with Gasteiger partial charge in [0.05, 0.1) is 24.6 Å². The van der Waals surface area contributed by atoms with Crippen molar-refractivity contribution in [2.75, 3.05) is 14.2 Å². The van der Waals surface area contributed by atoms with Gasteiger partial charge in [-0.15, -0.1) is 11.3 Å². The molecule has 0 aliphatic rings. The minimum Gasteiger partial charge on any atom is -0.299 e. The minimum absolute atomic E-state index is 0.0160. The first-order chi connectivity index (χ1) is 14.5. The van der Waals surface area contributed by atoms with Crippen molar-refractivity contribution in [1.29, 1.82) is 0 Å². The smallest absolute Gasteiger partial charge is 0.299 e. The fourth-order valence-electron chi connectivity index (χ4n) is 3.14. The number of aromatic nitrogens is 4. The van der Waals surface area contributed by atoms with Crippen LogP contribution in [-0.4, -0.2) is 43.8 Å². The summed E-state index contributed by atoms with van der Waals surface area (Å²) >= 11 is 19.5. The third-order valence-electron chi connectivity index (χ3n) is 4.69. The van der Waals surface area contributed by atoms with Gasteiger partial charge in [-0.25, -0.2) is 14.8 Å². The van der Waals surface area contributed by atoms with Crippen LogP contribution in [0.4, 0.5) is 0 Å². The molecule has 0 aromatic carbocycles. The number of fused-ring (bicyclic) bond motifs is 1. The van der Waals surface area contributed by atoms with Crippen LogP contribution in [0.15, 0.2) is 9.59 Å². The lowest BCUT2D eigenvalue weighted by atomic mass is 10.1. The monoisotopic (exact) mass is 507 g/mol. The average Bonchev–Trinajstić information content (AvgIpc) is 3.20. The molecule has 0 unspecified atom stereocenters. The summed E-state index contributed by atoms with van der Waals surface area (Å²) in [6.07, 6.45) is 0. The molecule has 0 N–H and O–H groups in total. The van der Waals surface area contributed by atoms with Gasteiger partial charge in [-0.05, 0) is 17.5 Å². The Bertz CT molecular complexity index is 1290. The lowest BCUT2D eigenvalue weighted by Gasteiger charge is -2.15. The molecule has 31 heavy (non-hydrogen) atoms. The number of amides is 1. The van der Waals surface area contributed by atoms with E-state index in [4.69, 9.17) is 39.6 Å². The minimum atomic E-state index is -0.573. The standard InChI is InChI=1S/C18H20Cl3N5O4S/c1-8(2)6-26-16-11(14(27)23(3)18(26)29)10(15(28)24(4)30-5)9(31-16)7-25-13(20)12(19)22-17(25)21/h8H,6-7H2,1-5H3. The molecule has 0 aliphatic carbocycles. The van der Waals surface area contributed by atoms with E-state index < -0.39 is 17.2 Å². The van der Waals surface area contributed by atoms with Gasteiger partial charge >= 0.3 is 5.69 Å². The maximum atomic E-state index is 13.2. The molecule has 168 valence electrons. The molecule has 3 heterocycles. The number of carbonyl (C=O) groups is 1. The molecule has 0 saturated carbocycles. The quantitative estimate of drug-likeness (QED) is 0.477. The number of carbonyl (C=O) groups excluding carboxylic acids is 1. The van der Waals surface area contributed by atoms with Gasteiger partial charge in [0.2, 0.25) is 5.28 Å². The van der Waals surface area contributed by atoms with E-state index in [2.05, 4.69) is 4.98 Å². The Labute approximate surface area is 196 Å². The van der Waals surface area contributed by atoms with E-state index in [-0.39, 0.29) is 39.0 Å². The van der Waals surface area contributed by atoms with E-state index >= 15 is 0 Å². The average molecular weight is 509 g/mol. The molecule has 1 amide bonds. The molecule has 13 heteroatoms. The summed E-state index contributed by atoms with van der Waals surface area (Å²) in [7, 11) is 4.15. The van der Waals surface area contributed by atoms with E-state index in [1.165, 1.54) is 30.3 Å². The van der Waals surface area contributed by atoms with E-state index in [9.17, 15) is 14.4 Å². The van der Waals surface area contributed by atoms with Crippen LogP contribution in [0.25, 0.3) is 10.2 Å². The first kappa shape index (κ1) is 23.8. The summed E-state index contributed by atoms with van der Waals surface area (Å²) in [5.41, 5.74) is -0.921. The fraction of sp³-hybridized carbons (Fsp3) is 0.444. The number of hydrogen-bond donors (Lipinski definition) is 0. The molecule has 0 aliphatic heterocycles. The molecular weight excluding hydrogens is 489 g/mol. The third-order valence-corrected chi connectivity index (χ3v) is 6.92. The molecule has 0 spiro atoms. The van der Waals surface area contributed by atoms with Crippen molar-refractivity contribution in [2.24, 2.45) is 13.0 Å². The van der Waals surface area contributed by atoms with Gasteiger partial charge in [0.15, 0.2) is 5.15 Å². The van der Waals surface area contributed by atoms with Crippen LogP contribution < -0.4 is 11.2 Å². The maximum absolute atomic E-state index is 13.2. The van der Waals surface area contributed by atoms with Gasteiger partial charge in [-0.2, -0.15) is 0 Å². The third kappa shape index (κ3) is 4.14. The molecular formula is C18H20Cl3N5O4S. The van der Waals surface area contributed by atoms with Crippen molar-refractivity contribution < 1.29 is 9.63 Å². The van der Waals surface area contributed by atoms with Crippen molar-refractivity contribution in [3.05, 3.63) is 46.9 Å². The summed E-state index contributed by atoms with van der Waals surface area (Å²) in [5.74, 6) is -0.421. The van der Waals surface area contributed by atoms with Gasteiger partial charge in [0, 0.05) is 25.5 Å². The lowest BCUT2D eigenvalue weighted by Crippen LogP contribution is -2.39. The molecule has 0 bridgehead atoms. The zero-order valence-corrected chi connectivity index (χ0v) is 20.5. The van der Waals surface area contributed by atoms with E-state index in [0.29, 0.717) is 16.3 Å². The van der Waals surface area contributed by atoms with Gasteiger partial charge < -0.3 is 0 Å². The summed E-state index contributed by atoms with van der Waals surface area (Å²) in [4.78, 5) is 48.9. The Balaban J connectivity index is 2.40. The zero-order valence-electron chi connectivity index (χ0n) is 17.4. The van der Waals surface area contributed by atoms with Crippen LogP contribution in [0, 0.1) is 5.92 Å². The predicted octanol–water partition coefficient (Wildman–Crippen LogP) is 3.26. The van der Waals surface area contributed by atoms with Crippen molar-refractivity contribution in [1.82, 2.24) is 23.7 Å². The van der Waals surface area contributed by atoms with E-state index in [1.807, 2.05) is 13.8 Å². The van der Waals surface area contributed by atoms with Crippen LogP contribution in [0.1, 0.15) is 29.1 Å². The highest BCUT2D eigenvalue weighted by Crippen LogP contribution is 2.34. The number of rotatable bonds is 6. The predicted molar refractivity (Wildman–Crippen MR) is 122 cm³/mol. The molecule has 9 nitrogen and oxygen atoms in total. The number of thiophene rings is 1. The Kier molecular flexibility index (Phi) is 6.87. The van der Waals surface area contributed by atoms with Crippen molar-refractivity contribution in [3.8, 4) is 0 Å². The van der Waals surface area contributed by atoms with Crippen LogP contribution in [0.2, 0.25) is 15.6 Å². The first-order valence-electron chi connectivity index (χ1n) is 9.13.